The van der Waals surface area contributed by atoms with Gasteiger partial charge in [0, 0.05) is 0 Å². The lowest BCUT2D eigenvalue weighted by molar-refractivity contribution is -0.138. The molecule has 0 saturated carbocycles. The molecule has 2 unspecified atom stereocenters. The van der Waals surface area contributed by atoms with Crippen LogP contribution in [0.5, 0.6) is 0 Å². The van der Waals surface area contributed by atoms with Gasteiger partial charge in [0.25, 0.3) is 0 Å². The summed E-state index contributed by atoms with van der Waals surface area (Å²) in [6.07, 6.45) is -0.345. The van der Waals surface area contributed by atoms with Gasteiger partial charge in [-0.1, -0.05) is 13.8 Å². The van der Waals surface area contributed by atoms with Gasteiger partial charge in [-0.25, -0.2) is 4.79 Å². The lowest BCUT2D eigenvalue weighted by Gasteiger charge is -2.29. The molecule has 6 heteroatoms. The summed E-state index contributed by atoms with van der Waals surface area (Å²) < 4.78 is 10.8. The monoisotopic (exact) mass is 287 g/mol. The number of aliphatic carboxylic acids is 1. The number of rotatable bonds is 4. The Kier molecular flexibility index (Phi) is 5.02. The summed E-state index contributed by atoms with van der Waals surface area (Å²) in [5.41, 5.74) is -1.51. The molecule has 20 heavy (non-hydrogen) atoms. The molecule has 1 saturated heterocycles. The highest BCUT2D eigenvalue weighted by atomic mass is 16.6. The Morgan fingerprint density at radius 2 is 2.05 bits per heavy atom. The largest absolute Gasteiger partial charge is 0.481 e. The van der Waals surface area contributed by atoms with E-state index in [9.17, 15) is 9.59 Å². The van der Waals surface area contributed by atoms with Crippen LogP contribution in [0.25, 0.3) is 0 Å². The zero-order valence-corrected chi connectivity index (χ0v) is 12.9. The van der Waals surface area contributed by atoms with Crippen molar-refractivity contribution in [2.75, 3.05) is 6.61 Å². The highest BCUT2D eigenvalue weighted by Gasteiger charge is 2.44. The van der Waals surface area contributed by atoms with E-state index in [4.69, 9.17) is 14.6 Å². The predicted molar refractivity (Wildman–Crippen MR) is 73.5 cm³/mol. The van der Waals surface area contributed by atoms with Crippen LogP contribution in [0.4, 0.5) is 4.79 Å². The molecular formula is C14H25NO5. The van der Waals surface area contributed by atoms with Crippen LogP contribution in [-0.2, 0) is 14.3 Å². The summed E-state index contributed by atoms with van der Waals surface area (Å²) in [5, 5.41) is 11.8. The van der Waals surface area contributed by atoms with Crippen molar-refractivity contribution in [2.24, 2.45) is 5.92 Å². The van der Waals surface area contributed by atoms with Crippen molar-refractivity contribution < 1.29 is 24.2 Å². The van der Waals surface area contributed by atoms with Gasteiger partial charge in [-0.2, -0.15) is 0 Å². The van der Waals surface area contributed by atoms with E-state index in [1.165, 1.54) is 0 Å². The Hall–Kier alpha value is -1.30. The predicted octanol–water partition coefficient (Wildman–Crippen LogP) is 2.17. The summed E-state index contributed by atoms with van der Waals surface area (Å²) in [7, 11) is 0. The third kappa shape index (κ3) is 5.00. The van der Waals surface area contributed by atoms with E-state index >= 15 is 0 Å². The number of hydrogen-bond acceptors (Lipinski definition) is 4. The minimum Gasteiger partial charge on any atom is -0.481 e. The molecular weight excluding hydrogens is 262 g/mol. The molecule has 6 nitrogen and oxygen atoms in total. The summed E-state index contributed by atoms with van der Waals surface area (Å²) in [4.78, 5) is 23.0. The van der Waals surface area contributed by atoms with Crippen molar-refractivity contribution in [1.82, 2.24) is 5.32 Å². The highest BCUT2D eigenvalue weighted by Crippen LogP contribution is 2.31. The summed E-state index contributed by atoms with van der Waals surface area (Å²) >= 11 is 0. The summed E-state index contributed by atoms with van der Waals surface area (Å²) in [5.74, 6) is -0.694. The van der Waals surface area contributed by atoms with Gasteiger partial charge in [-0.05, 0) is 33.1 Å². The van der Waals surface area contributed by atoms with E-state index in [2.05, 4.69) is 5.32 Å². The lowest BCUT2D eigenvalue weighted by atomic mass is 9.89. The van der Waals surface area contributed by atoms with Crippen molar-refractivity contribution in [1.29, 1.82) is 0 Å². The van der Waals surface area contributed by atoms with Crippen LogP contribution < -0.4 is 5.32 Å². The lowest BCUT2D eigenvalue weighted by Crippen LogP contribution is -2.52. The molecule has 1 amide bonds. The molecule has 1 fully saturated rings. The van der Waals surface area contributed by atoms with Crippen molar-refractivity contribution in [3.8, 4) is 0 Å². The van der Waals surface area contributed by atoms with Crippen LogP contribution in [0.15, 0.2) is 0 Å². The number of carboxylic acids is 1. The maximum Gasteiger partial charge on any atom is 0.408 e. The number of hydrogen-bond donors (Lipinski definition) is 2. The molecule has 2 N–H and O–H groups in total. The maximum atomic E-state index is 11.9. The second-order valence-electron chi connectivity index (χ2n) is 6.78. The Labute approximate surface area is 119 Å². The molecule has 0 radical (unpaired) electrons. The smallest absolute Gasteiger partial charge is 0.408 e. The van der Waals surface area contributed by atoms with Crippen LogP contribution >= 0.6 is 0 Å². The van der Waals surface area contributed by atoms with Gasteiger partial charge in [0.2, 0.25) is 0 Å². The fourth-order valence-electron chi connectivity index (χ4n) is 2.26. The number of ether oxygens (including phenoxy) is 2. The second kappa shape index (κ2) is 5.99. The summed E-state index contributed by atoms with van der Waals surface area (Å²) in [6, 6.07) is 0. The highest BCUT2D eigenvalue weighted by molar-refractivity contribution is 5.73. The Bertz CT molecular complexity index is 374. The second-order valence-corrected chi connectivity index (χ2v) is 6.78. The average molecular weight is 287 g/mol. The Morgan fingerprint density at radius 1 is 1.45 bits per heavy atom. The quantitative estimate of drug-likeness (QED) is 0.827. The number of carboxylic acid groups (broad SMARTS) is 1. The normalized spacial score (nSPS) is 26.6. The third-order valence-electron chi connectivity index (χ3n) is 3.16. The first kappa shape index (κ1) is 16.8. The number of alkyl carbamates (subject to hydrolysis) is 1. The van der Waals surface area contributed by atoms with Crippen molar-refractivity contribution in [2.45, 2.75) is 64.7 Å². The SMILES string of the molecule is CC(C)C1CC(CC(=O)O)(NC(=O)OC(C)(C)C)CO1. The number of nitrogens with one attached hydrogen (secondary N) is 1. The molecule has 0 aromatic rings. The first-order chi connectivity index (χ1) is 9.03. The van der Waals surface area contributed by atoms with Crippen molar-refractivity contribution >= 4 is 12.1 Å². The first-order valence-electron chi connectivity index (χ1n) is 6.87. The van der Waals surface area contributed by atoms with Gasteiger partial charge in [-0.3, -0.25) is 4.79 Å². The average Bonchev–Trinajstić information content (AvgIpc) is 2.57. The van der Waals surface area contributed by atoms with Crippen LogP contribution in [0, 0.1) is 5.92 Å². The molecule has 1 rings (SSSR count). The Balaban J connectivity index is 2.76. The van der Waals surface area contributed by atoms with Gasteiger partial charge >= 0.3 is 12.1 Å². The zero-order chi connectivity index (χ0) is 15.6. The number of carbonyl (C=O) groups is 2. The number of amides is 1. The standard InChI is InChI=1S/C14H25NO5/c1-9(2)10-6-14(8-19-10,7-11(16)17)15-12(18)20-13(3,4)5/h9-10H,6-8H2,1-5H3,(H,15,18)(H,16,17). The first-order valence-corrected chi connectivity index (χ1v) is 6.87. The molecule has 1 heterocycles. The molecule has 0 bridgehead atoms. The van der Waals surface area contributed by atoms with E-state index in [-0.39, 0.29) is 25.0 Å². The molecule has 1 aliphatic rings. The van der Waals surface area contributed by atoms with Crippen molar-refractivity contribution in [3.05, 3.63) is 0 Å². The molecule has 1 aliphatic heterocycles. The van der Waals surface area contributed by atoms with Crippen LogP contribution in [0.3, 0.4) is 0 Å². The number of carbonyl (C=O) groups excluding carboxylic acids is 1. The van der Waals surface area contributed by atoms with E-state index in [1.807, 2.05) is 13.8 Å². The van der Waals surface area contributed by atoms with Crippen LogP contribution in [-0.4, -0.2) is 41.0 Å². The minimum absolute atomic E-state index is 0.0516. The molecule has 0 aliphatic carbocycles. The van der Waals surface area contributed by atoms with Gasteiger partial charge in [0.05, 0.1) is 24.7 Å². The summed E-state index contributed by atoms with van der Waals surface area (Å²) in [6.45, 7) is 9.50. The van der Waals surface area contributed by atoms with Gasteiger partial charge in [0.1, 0.15) is 5.60 Å². The molecule has 116 valence electrons. The molecule has 0 aromatic carbocycles. The van der Waals surface area contributed by atoms with E-state index < -0.39 is 23.2 Å². The maximum absolute atomic E-state index is 11.9. The minimum atomic E-state index is -0.964. The van der Waals surface area contributed by atoms with Crippen LogP contribution in [0.2, 0.25) is 0 Å². The van der Waals surface area contributed by atoms with Gasteiger partial charge in [-0.15, -0.1) is 0 Å². The molecule has 2 atom stereocenters. The fourth-order valence-corrected chi connectivity index (χ4v) is 2.26. The van der Waals surface area contributed by atoms with Gasteiger partial charge < -0.3 is 19.9 Å². The van der Waals surface area contributed by atoms with Gasteiger partial charge in [0.15, 0.2) is 0 Å². The van der Waals surface area contributed by atoms with E-state index in [0.717, 1.165) is 0 Å². The zero-order valence-electron chi connectivity index (χ0n) is 12.9. The van der Waals surface area contributed by atoms with Crippen molar-refractivity contribution in [3.63, 3.8) is 0 Å². The fraction of sp³-hybridized carbons (Fsp3) is 0.857. The molecule has 0 spiro atoms. The van der Waals surface area contributed by atoms with E-state index in [1.54, 1.807) is 20.8 Å². The topological polar surface area (TPSA) is 84.9 Å². The van der Waals surface area contributed by atoms with E-state index in [0.29, 0.717) is 6.42 Å². The van der Waals surface area contributed by atoms with Crippen LogP contribution in [0.1, 0.15) is 47.5 Å². The molecule has 0 aromatic heterocycles. The Morgan fingerprint density at radius 3 is 2.45 bits per heavy atom. The third-order valence-corrected chi connectivity index (χ3v) is 3.16.